The average Bonchev–Trinajstić information content (AvgIpc) is 2.69. The summed E-state index contributed by atoms with van der Waals surface area (Å²) in [6.07, 6.45) is 3.82. The van der Waals surface area contributed by atoms with E-state index < -0.39 is 5.91 Å². The van der Waals surface area contributed by atoms with Gasteiger partial charge in [-0.05, 0) is 34.4 Å². The van der Waals surface area contributed by atoms with Crippen LogP contribution in [0.15, 0.2) is 68.0 Å². The fourth-order valence-electron chi connectivity index (χ4n) is 2.62. The zero-order valence-corrected chi connectivity index (χ0v) is 15.7. The summed E-state index contributed by atoms with van der Waals surface area (Å²) in [6, 6.07) is 14.8. The molecule has 2 heterocycles. The number of halogens is 1. The van der Waals surface area contributed by atoms with Gasteiger partial charge in [-0.25, -0.2) is 13.1 Å². The lowest BCUT2D eigenvalue weighted by Crippen LogP contribution is -2.13. The predicted octanol–water partition coefficient (Wildman–Crippen LogP) is 4.49. The molecule has 0 spiro atoms. The molecule has 26 heavy (non-hydrogen) atoms. The molecular weight excluding hydrogens is 441 g/mol. The topological polar surface area (TPSA) is 93.3 Å². The van der Waals surface area contributed by atoms with E-state index in [0.717, 1.165) is 16.5 Å². The van der Waals surface area contributed by atoms with Crippen LogP contribution >= 0.6 is 21.0 Å². The van der Waals surface area contributed by atoms with Gasteiger partial charge in [0.25, 0.3) is 5.91 Å². The summed E-state index contributed by atoms with van der Waals surface area (Å²) in [5.74, 6) is 0.715. The number of nitrogens with zero attached hydrogens (tertiary/aromatic N) is 3. The molecule has 1 aliphatic heterocycles. The van der Waals surface area contributed by atoms with E-state index in [0.29, 0.717) is 22.9 Å². The largest absolute Gasteiger partial charge is 0.366 e. The zero-order valence-electron chi connectivity index (χ0n) is 13.6. The van der Waals surface area contributed by atoms with Crippen molar-refractivity contribution in [1.82, 2.24) is 9.97 Å². The molecule has 3 N–H and O–H groups in total. The van der Waals surface area contributed by atoms with Crippen LogP contribution in [-0.2, 0) is 0 Å². The summed E-state index contributed by atoms with van der Waals surface area (Å²) in [7, 11) is 0. The Morgan fingerprint density at radius 1 is 1.04 bits per heavy atom. The first-order chi connectivity index (χ1) is 12.7. The summed E-state index contributed by atoms with van der Waals surface area (Å²) in [5, 5.41) is 4.11. The number of benzene rings is 2. The van der Waals surface area contributed by atoms with E-state index in [1.807, 2.05) is 42.6 Å². The van der Waals surface area contributed by atoms with E-state index in [9.17, 15) is 4.79 Å². The molecule has 0 fully saturated rings. The number of aromatic nitrogens is 2. The molecular formula is C19H14IN5O. The highest BCUT2D eigenvalue weighted by atomic mass is 127. The van der Waals surface area contributed by atoms with Crippen LogP contribution in [0.3, 0.4) is 0 Å². The molecule has 1 aromatic heterocycles. The Balaban J connectivity index is 1.86. The molecule has 2 aromatic carbocycles. The van der Waals surface area contributed by atoms with Gasteiger partial charge < -0.3 is 11.1 Å². The minimum absolute atomic E-state index is 0.255. The number of para-hydroxylation sites is 2. The minimum atomic E-state index is -0.493. The second-order valence-electron chi connectivity index (χ2n) is 5.52. The van der Waals surface area contributed by atoms with Crippen LogP contribution in [0.4, 0.5) is 11.5 Å². The molecule has 128 valence electrons. The van der Waals surface area contributed by atoms with E-state index in [-0.39, 0.29) is 21.0 Å². The summed E-state index contributed by atoms with van der Waals surface area (Å²) in [6.45, 7) is 0. The highest BCUT2D eigenvalue weighted by Crippen LogP contribution is 2.29. The molecule has 6 nitrogen and oxygen atoms in total. The molecule has 0 saturated carbocycles. The standard InChI is InChI=1S/C19H14IN5O/c21-17(26)13-5-1-3-7-15(13)24-19-14-6-2-4-8-16(14)23-18(25-19)12-9-10-20-22-11-12/h1-11H,(H2,21,26)(H,23,24,25). The summed E-state index contributed by atoms with van der Waals surface area (Å²) in [5.41, 5.74) is 8.19. The van der Waals surface area contributed by atoms with E-state index in [1.54, 1.807) is 18.2 Å². The normalized spacial score (nSPS) is 13.2. The third-order valence-electron chi connectivity index (χ3n) is 3.85. The van der Waals surface area contributed by atoms with Gasteiger partial charge >= 0.3 is 0 Å². The van der Waals surface area contributed by atoms with Crippen LogP contribution in [0.2, 0.25) is 0 Å². The number of fused-ring (bicyclic) bond motifs is 1. The number of nitrogens with two attached hydrogens (primary N) is 1. The summed E-state index contributed by atoms with van der Waals surface area (Å²) >= 11 is -0.255. The lowest BCUT2D eigenvalue weighted by atomic mass is 10.1. The molecule has 0 unspecified atom stereocenters. The molecule has 0 bridgehead atoms. The van der Waals surface area contributed by atoms with Crippen LogP contribution < -0.4 is 11.1 Å². The second kappa shape index (κ2) is 7.12. The van der Waals surface area contributed by atoms with E-state index in [1.165, 1.54) is 0 Å². The van der Waals surface area contributed by atoms with Crippen molar-refractivity contribution in [3.05, 3.63) is 76.3 Å². The number of anilines is 2. The number of nitrogens with one attached hydrogen (secondary N) is 1. The highest BCUT2D eigenvalue weighted by Gasteiger charge is 2.13. The number of hydrogen-bond acceptors (Lipinski definition) is 5. The van der Waals surface area contributed by atoms with Crippen molar-refractivity contribution in [3.63, 3.8) is 0 Å². The maximum Gasteiger partial charge on any atom is 0.250 e. The molecule has 3 aromatic rings. The predicted molar refractivity (Wildman–Crippen MR) is 111 cm³/mol. The number of carbonyl (C=O) groups is 1. The number of amides is 1. The highest BCUT2D eigenvalue weighted by molar-refractivity contribution is 14.2. The van der Waals surface area contributed by atoms with Crippen LogP contribution in [0.25, 0.3) is 16.5 Å². The number of carbonyl (C=O) groups excluding carboxylic acids is 1. The second-order valence-corrected chi connectivity index (χ2v) is 7.35. The van der Waals surface area contributed by atoms with Gasteiger partial charge in [-0.3, -0.25) is 4.79 Å². The molecule has 1 aliphatic rings. The third-order valence-corrected chi connectivity index (χ3v) is 5.13. The molecule has 4 rings (SSSR count). The number of hydrogen-bond donors (Lipinski definition) is 2. The maximum atomic E-state index is 11.7. The van der Waals surface area contributed by atoms with E-state index in [4.69, 9.17) is 5.73 Å². The average molecular weight is 455 g/mol. The van der Waals surface area contributed by atoms with Crippen molar-refractivity contribution >= 4 is 54.9 Å². The third kappa shape index (κ3) is 3.25. The summed E-state index contributed by atoms with van der Waals surface area (Å²) < 4.78 is 6.44. The van der Waals surface area contributed by atoms with Crippen LogP contribution in [0, 0.1) is 0 Å². The van der Waals surface area contributed by atoms with Crippen molar-refractivity contribution in [2.75, 3.05) is 5.32 Å². The number of allylic oxidation sites excluding steroid dienone is 2. The fraction of sp³-hybridized carbons (Fsp3) is 0. The Morgan fingerprint density at radius 3 is 2.65 bits per heavy atom. The first-order valence-corrected chi connectivity index (χ1v) is 10.1. The van der Waals surface area contributed by atoms with E-state index >= 15 is 0 Å². The van der Waals surface area contributed by atoms with Gasteiger partial charge in [-0.15, -0.1) is 0 Å². The summed E-state index contributed by atoms with van der Waals surface area (Å²) in [4.78, 5) is 21.0. The minimum Gasteiger partial charge on any atom is -0.366 e. The van der Waals surface area contributed by atoms with Crippen LogP contribution in [-0.4, -0.2) is 15.9 Å². The Bertz CT molecular complexity index is 1100. The fourth-order valence-corrected chi connectivity index (χ4v) is 3.81. The quantitative estimate of drug-likeness (QED) is 0.567. The Hall–Kier alpha value is -2.94. The van der Waals surface area contributed by atoms with Gasteiger partial charge in [0.15, 0.2) is 5.82 Å². The van der Waals surface area contributed by atoms with Crippen molar-refractivity contribution < 1.29 is 4.79 Å². The Kier molecular flexibility index (Phi) is 4.53. The Morgan fingerprint density at radius 2 is 1.85 bits per heavy atom. The number of primary amides is 1. The smallest absolute Gasteiger partial charge is 0.250 e. The lowest BCUT2D eigenvalue weighted by Gasteiger charge is -2.13. The molecule has 0 saturated heterocycles. The van der Waals surface area contributed by atoms with Crippen LogP contribution in [0.1, 0.15) is 16.2 Å². The first-order valence-electron chi connectivity index (χ1n) is 7.85. The molecule has 1 amide bonds. The first kappa shape index (κ1) is 16.5. The molecule has 0 aliphatic carbocycles. The van der Waals surface area contributed by atoms with Crippen molar-refractivity contribution in [1.29, 1.82) is 0 Å². The van der Waals surface area contributed by atoms with Crippen LogP contribution in [0.5, 0.6) is 0 Å². The van der Waals surface area contributed by atoms with Crippen molar-refractivity contribution in [3.8, 4) is 0 Å². The van der Waals surface area contributed by atoms with Crippen molar-refractivity contribution in [2.45, 2.75) is 0 Å². The van der Waals surface area contributed by atoms with E-state index in [2.05, 4.69) is 22.5 Å². The monoisotopic (exact) mass is 455 g/mol. The molecule has 0 radical (unpaired) electrons. The van der Waals surface area contributed by atoms with Gasteiger partial charge in [-0.2, -0.15) is 0 Å². The zero-order chi connectivity index (χ0) is 17.9. The van der Waals surface area contributed by atoms with Gasteiger partial charge in [0, 0.05) is 38.2 Å². The maximum absolute atomic E-state index is 11.7. The Labute approximate surface area is 160 Å². The van der Waals surface area contributed by atoms with Gasteiger partial charge in [-0.1, -0.05) is 24.3 Å². The molecule has 7 heteroatoms. The SMILES string of the molecule is NC(=O)c1ccccc1Nc1nc(C2=CN=IC=C2)nc2ccccc12. The van der Waals surface area contributed by atoms with Gasteiger partial charge in [0.1, 0.15) is 5.82 Å². The van der Waals surface area contributed by atoms with Gasteiger partial charge in [0.05, 0.1) is 16.8 Å². The molecule has 0 atom stereocenters. The lowest BCUT2D eigenvalue weighted by molar-refractivity contribution is 0.100. The van der Waals surface area contributed by atoms with Crippen molar-refractivity contribution in [2.24, 2.45) is 8.88 Å². The number of rotatable bonds is 4. The van der Waals surface area contributed by atoms with Gasteiger partial charge in [0.2, 0.25) is 0 Å².